The molecule has 2 rings (SSSR count). The summed E-state index contributed by atoms with van der Waals surface area (Å²) in [6.45, 7) is 8.13. The Morgan fingerprint density at radius 3 is 2.45 bits per heavy atom. The van der Waals surface area contributed by atoms with Crippen molar-refractivity contribution in [3.05, 3.63) is 0 Å². The normalized spacial score (nSPS) is 34.4. The Kier molecular flexibility index (Phi) is 6.41. The van der Waals surface area contributed by atoms with Crippen molar-refractivity contribution >= 4 is 15.9 Å². The molecule has 0 aromatic rings. The molecule has 1 nitrogen and oxygen atoms in total. The molecule has 0 spiro atoms. The number of alkyl halides is 1. The SMILES string of the molecule is CC1CCC(C(C)C)C(OCC2(CBr)CCCCC2)C1. The van der Waals surface area contributed by atoms with Gasteiger partial charge < -0.3 is 4.74 Å². The summed E-state index contributed by atoms with van der Waals surface area (Å²) in [5.74, 6) is 2.39. The Labute approximate surface area is 134 Å². The maximum absolute atomic E-state index is 6.53. The smallest absolute Gasteiger partial charge is 0.0608 e. The molecule has 20 heavy (non-hydrogen) atoms. The molecule has 0 aromatic carbocycles. The van der Waals surface area contributed by atoms with Crippen molar-refractivity contribution < 1.29 is 4.74 Å². The molecule has 0 amide bonds. The second kappa shape index (κ2) is 7.63. The van der Waals surface area contributed by atoms with Gasteiger partial charge >= 0.3 is 0 Å². The summed E-state index contributed by atoms with van der Waals surface area (Å²) in [7, 11) is 0. The van der Waals surface area contributed by atoms with Crippen LogP contribution in [0.5, 0.6) is 0 Å². The molecule has 0 saturated heterocycles. The summed E-state index contributed by atoms with van der Waals surface area (Å²) in [6, 6.07) is 0. The van der Waals surface area contributed by atoms with Gasteiger partial charge in [0.05, 0.1) is 12.7 Å². The lowest BCUT2D eigenvalue weighted by molar-refractivity contribution is -0.0747. The van der Waals surface area contributed by atoms with Gasteiger partial charge in [0.1, 0.15) is 0 Å². The molecule has 3 atom stereocenters. The van der Waals surface area contributed by atoms with Crippen LogP contribution < -0.4 is 0 Å². The Morgan fingerprint density at radius 1 is 1.15 bits per heavy atom. The number of hydrogen-bond acceptors (Lipinski definition) is 1. The lowest BCUT2D eigenvalue weighted by atomic mass is 9.74. The van der Waals surface area contributed by atoms with Crippen LogP contribution in [0, 0.1) is 23.2 Å². The van der Waals surface area contributed by atoms with Crippen LogP contribution in [-0.4, -0.2) is 18.0 Å². The fourth-order valence-corrected chi connectivity index (χ4v) is 4.93. The van der Waals surface area contributed by atoms with Gasteiger partial charge in [0.2, 0.25) is 0 Å². The van der Waals surface area contributed by atoms with Crippen molar-refractivity contribution in [3.8, 4) is 0 Å². The lowest BCUT2D eigenvalue weighted by Crippen LogP contribution is -2.39. The summed E-state index contributed by atoms with van der Waals surface area (Å²) in [5, 5.41) is 1.12. The number of rotatable bonds is 5. The third-order valence-electron chi connectivity index (χ3n) is 5.76. The van der Waals surface area contributed by atoms with E-state index in [1.54, 1.807) is 0 Å². The van der Waals surface area contributed by atoms with E-state index < -0.39 is 0 Å². The van der Waals surface area contributed by atoms with Gasteiger partial charge in [0.25, 0.3) is 0 Å². The van der Waals surface area contributed by atoms with Gasteiger partial charge in [-0.15, -0.1) is 0 Å². The molecule has 2 aliphatic carbocycles. The highest BCUT2D eigenvalue weighted by molar-refractivity contribution is 9.09. The predicted octanol–water partition coefficient (Wildman–Crippen LogP) is 5.81. The van der Waals surface area contributed by atoms with E-state index in [0.29, 0.717) is 11.5 Å². The van der Waals surface area contributed by atoms with E-state index >= 15 is 0 Å². The molecule has 0 N–H and O–H groups in total. The molecular formula is C18H33BrO. The summed E-state index contributed by atoms with van der Waals surface area (Å²) < 4.78 is 6.53. The Bertz CT molecular complexity index is 283. The molecule has 0 heterocycles. The Balaban J connectivity index is 1.92. The van der Waals surface area contributed by atoms with Gasteiger partial charge in [-0.05, 0) is 43.4 Å². The topological polar surface area (TPSA) is 9.23 Å². The fourth-order valence-electron chi connectivity index (χ4n) is 4.21. The van der Waals surface area contributed by atoms with Crippen molar-refractivity contribution in [1.82, 2.24) is 0 Å². The average Bonchev–Trinajstić information content (AvgIpc) is 2.46. The first kappa shape index (κ1) is 16.8. The third-order valence-corrected chi connectivity index (χ3v) is 6.95. The maximum atomic E-state index is 6.53. The second-order valence-corrected chi connectivity index (χ2v) is 8.43. The van der Waals surface area contributed by atoms with Crippen LogP contribution in [0.3, 0.4) is 0 Å². The molecule has 2 fully saturated rings. The zero-order chi connectivity index (χ0) is 14.6. The molecule has 0 bridgehead atoms. The molecule has 0 aliphatic heterocycles. The maximum Gasteiger partial charge on any atom is 0.0608 e. The van der Waals surface area contributed by atoms with Crippen LogP contribution in [-0.2, 0) is 4.74 Å². The highest BCUT2D eigenvalue weighted by Gasteiger charge is 2.36. The van der Waals surface area contributed by atoms with Gasteiger partial charge in [-0.25, -0.2) is 0 Å². The van der Waals surface area contributed by atoms with E-state index in [9.17, 15) is 0 Å². The summed E-state index contributed by atoms with van der Waals surface area (Å²) in [5.41, 5.74) is 0.431. The fraction of sp³-hybridized carbons (Fsp3) is 1.00. The zero-order valence-corrected chi connectivity index (χ0v) is 15.3. The first-order chi connectivity index (χ1) is 9.56. The molecule has 0 radical (unpaired) electrons. The first-order valence-corrected chi connectivity index (χ1v) is 9.86. The average molecular weight is 345 g/mol. The monoisotopic (exact) mass is 344 g/mol. The van der Waals surface area contributed by atoms with E-state index in [1.807, 2.05) is 0 Å². The molecular weight excluding hydrogens is 312 g/mol. The minimum absolute atomic E-state index is 0.431. The van der Waals surface area contributed by atoms with E-state index in [4.69, 9.17) is 4.74 Å². The van der Waals surface area contributed by atoms with Gasteiger partial charge in [-0.3, -0.25) is 0 Å². The van der Waals surface area contributed by atoms with Crippen molar-refractivity contribution in [2.24, 2.45) is 23.2 Å². The highest BCUT2D eigenvalue weighted by atomic mass is 79.9. The second-order valence-electron chi connectivity index (χ2n) is 7.87. The number of ether oxygens (including phenoxy) is 1. The van der Waals surface area contributed by atoms with Crippen LogP contribution in [0.4, 0.5) is 0 Å². The van der Waals surface area contributed by atoms with E-state index in [2.05, 4.69) is 36.7 Å². The molecule has 118 valence electrons. The minimum Gasteiger partial charge on any atom is -0.377 e. The van der Waals surface area contributed by atoms with Crippen LogP contribution in [0.25, 0.3) is 0 Å². The number of hydrogen-bond donors (Lipinski definition) is 0. The van der Waals surface area contributed by atoms with Gasteiger partial charge in [0.15, 0.2) is 0 Å². The van der Waals surface area contributed by atoms with Gasteiger partial charge in [-0.2, -0.15) is 0 Å². The van der Waals surface area contributed by atoms with Gasteiger partial charge in [-0.1, -0.05) is 62.4 Å². The molecule has 3 unspecified atom stereocenters. The summed E-state index contributed by atoms with van der Waals surface area (Å²) in [6.07, 6.45) is 11.5. The highest BCUT2D eigenvalue weighted by Crippen LogP contribution is 2.41. The molecule has 2 heteroatoms. The standard InChI is InChI=1S/C18H33BrO/c1-14(2)16-8-7-15(3)11-17(16)20-13-18(12-19)9-5-4-6-10-18/h14-17H,4-13H2,1-3H3. The van der Waals surface area contributed by atoms with Crippen LogP contribution >= 0.6 is 15.9 Å². The Hall–Kier alpha value is 0.440. The summed E-state index contributed by atoms with van der Waals surface area (Å²) >= 11 is 3.77. The van der Waals surface area contributed by atoms with Crippen molar-refractivity contribution in [2.45, 2.75) is 78.2 Å². The van der Waals surface area contributed by atoms with E-state index in [-0.39, 0.29) is 0 Å². The minimum atomic E-state index is 0.431. The third kappa shape index (κ3) is 4.22. The van der Waals surface area contributed by atoms with E-state index in [0.717, 1.165) is 29.7 Å². The lowest BCUT2D eigenvalue weighted by Gasteiger charge is -2.41. The molecule has 2 saturated carbocycles. The van der Waals surface area contributed by atoms with Crippen molar-refractivity contribution in [3.63, 3.8) is 0 Å². The largest absolute Gasteiger partial charge is 0.377 e. The van der Waals surface area contributed by atoms with Crippen LogP contribution in [0.2, 0.25) is 0 Å². The first-order valence-electron chi connectivity index (χ1n) is 8.74. The molecule has 2 aliphatic rings. The van der Waals surface area contributed by atoms with E-state index in [1.165, 1.54) is 51.4 Å². The zero-order valence-electron chi connectivity index (χ0n) is 13.7. The van der Waals surface area contributed by atoms with Gasteiger partial charge in [0, 0.05) is 10.7 Å². The summed E-state index contributed by atoms with van der Waals surface area (Å²) in [4.78, 5) is 0. The van der Waals surface area contributed by atoms with Crippen LogP contribution in [0.15, 0.2) is 0 Å². The van der Waals surface area contributed by atoms with Crippen LogP contribution in [0.1, 0.15) is 72.1 Å². The van der Waals surface area contributed by atoms with Crippen molar-refractivity contribution in [2.75, 3.05) is 11.9 Å². The molecule has 0 aromatic heterocycles. The van der Waals surface area contributed by atoms with Crippen molar-refractivity contribution in [1.29, 1.82) is 0 Å². The predicted molar refractivity (Wildman–Crippen MR) is 90.4 cm³/mol. The Morgan fingerprint density at radius 2 is 1.85 bits per heavy atom. The quantitative estimate of drug-likeness (QED) is 0.571. The number of halogens is 1.